The van der Waals surface area contributed by atoms with Crippen LogP contribution in [-0.4, -0.2) is 4.98 Å². The van der Waals surface area contributed by atoms with E-state index < -0.39 is 0 Å². The normalized spacial score (nSPS) is 12.4. The Morgan fingerprint density at radius 3 is 2.71 bits per heavy atom. The van der Waals surface area contributed by atoms with Crippen molar-refractivity contribution < 1.29 is 0 Å². The van der Waals surface area contributed by atoms with E-state index in [9.17, 15) is 0 Å². The molecule has 0 amide bonds. The number of hydrogen-bond donors (Lipinski definition) is 1. The van der Waals surface area contributed by atoms with Gasteiger partial charge >= 0.3 is 0 Å². The molecule has 0 spiro atoms. The number of nitrogens with one attached hydrogen (secondary N) is 1. The third kappa shape index (κ3) is 3.65. The third-order valence-corrected chi connectivity index (χ3v) is 3.11. The average Bonchev–Trinajstić information content (AvgIpc) is 2.37. The zero-order valence-corrected chi connectivity index (χ0v) is 11.3. The van der Waals surface area contributed by atoms with Gasteiger partial charge < -0.3 is 5.32 Å². The van der Waals surface area contributed by atoms with Gasteiger partial charge in [-0.05, 0) is 40.0 Å². The Hall–Kier alpha value is -1.19. The zero-order chi connectivity index (χ0) is 12.1. The van der Waals surface area contributed by atoms with Crippen LogP contribution in [0.3, 0.4) is 0 Å². The van der Waals surface area contributed by atoms with Gasteiger partial charge in [0, 0.05) is 29.5 Å². The van der Waals surface area contributed by atoms with E-state index in [1.54, 1.807) is 6.20 Å². The average molecular weight is 291 g/mol. The van der Waals surface area contributed by atoms with Gasteiger partial charge in [0.2, 0.25) is 0 Å². The van der Waals surface area contributed by atoms with Gasteiger partial charge in [-0.3, -0.25) is 4.98 Å². The Morgan fingerprint density at radius 2 is 2.00 bits per heavy atom. The maximum absolute atomic E-state index is 4.15. The van der Waals surface area contributed by atoms with E-state index in [2.05, 4.69) is 63.5 Å². The summed E-state index contributed by atoms with van der Waals surface area (Å²) in [5.74, 6) is 0. The van der Waals surface area contributed by atoms with Crippen LogP contribution in [-0.2, 0) is 6.54 Å². The van der Waals surface area contributed by atoms with Crippen molar-refractivity contribution in [3.63, 3.8) is 0 Å². The van der Waals surface area contributed by atoms with Crippen LogP contribution in [0.4, 0.5) is 0 Å². The molecule has 1 N–H and O–H groups in total. The van der Waals surface area contributed by atoms with Crippen LogP contribution in [0.25, 0.3) is 0 Å². The van der Waals surface area contributed by atoms with Crippen LogP contribution < -0.4 is 5.32 Å². The molecule has 17 heavy (non-hydrogen) atoms. The molecule has 0 aliphatic heterocycles. The van der Waals surface area contributed by atoms with Gasteiger partial charge in [-0.2, -0.15) is 0 Å². The summed E-state index contributed by atoms with van der Waals surface area (Å²) in [4.78, 5) is 4.15. The largest absolute Gasteiger partial charge is 0.306 e. The fourth-order valence-electron chi connectivity index (χ4n) is 1.68. The lowest BCUT2D eigenvalue weighted by molar-refractivity contribution is 0.574. The maximum atomic E-state index is 4.15. The van der Waals surface area contributed by atoms with Crippen LogP contribution in [0.5, 0.6) is 0 Å². The minimum absolute atomic E-state index is 0.343. The van der Waals surface area contributed by atoms with E-state index in [1.165, 1.54) is 11.1 Å². The summed E-state index contributed by atoms with van der Waals surface area (Å²) >= 11 is 3.42. The monoisotopic (exact) mass is 290 g/mol. The fourth-order valence-corrected chi connectivity index (χ4v) is 2.10. The van der Waals surface area contributed by atoms with Crippen molar-refractivity contribution in [2.45, 2.75) is 19.5 Å². The molecule has 0 saturated carbocycles. The van der Waals surface area contributed by atoms with Crippen LogP contribution in [0.2, 0.25) is 0 Å². The van der Waals surface area contributed by atoms with Gasteiger partial charge in [-0.1, -0.05) is 30.3 Å². The Labute approximate surface area is 110 Å². The minimum Gasteiger partial charge on any atom is -0.306 e. The predicted octanol–water partition coefficient (Wildman–Crippen LogP) is 3.69. The number of nitrogens with zero attached hydrogens (tertiary/aromatic N) is 1. The van der Waals surface area contributed by atoms with Gasteiger partial charge in [0.05, 0.1) is 0 Å². The first kappa shape index (κ1) is 12.3. The molecule has 2 aromatic rings. The molecule has 2 rings (SSSR count). The van der Waals surface area contributed by atoms with Crippen LogP contribution in [0.15, 0.2) is 53.3 Å². The van der Waals surface area contributed by atoms with Crippen molar-refractivity contribution in [1.29, 1.82) is 0 Å². The highest BCUT2D eigenvalue weighted by Crippen LogP contribution is 2.13. The first-order chi connectivity index (χ1) is 8.25. The van der Waals surface area contributed by atoms with E-state index in [0.717, 1.165) is 11.0 Å². The molecule has 1 aromatic heterocycles. The molecule has 3 heteroatoms. The number of pyridine rings is 1. The minimum atomic E-state index is 0.343. The number of hydrogen-bond acceptors (Lipinski definition) is 2. The Bertz CT molecular complexity index is 471. The van der Waals surface area contributed by atoms with E-state index in [-0.39, 0.29) is 0 Å². The van der Waals surface area contributed by atoms with Crippen molar-refractivity contribution in [2.75, 3.05) is 0 Å². The van der Waals surface area contributed by atoms with E-state index in [0.29, 0.717) is 6.04 Å². The van der Waals surface area contributed by atoms with E-state index >= 15 is 0 Å². The van der Waals surface area contributed by atoms with Crippen molar-refractivity contribution in [3.8, 4) is 0 Å². The van der Waals surface area contributed by atoms with Crippen LogP contribution >= 0.6 is 15.9 Å². The van der Waals surface area contributed by atoms with Crippen LogP contribution in [0, 0.1) is 0 Å². The SMILES string of the molecule is C[C@H](NCc1cncc(Br)c1)c1ccccc1. The molecule has 0 bridgehead atoms. The highest BCUT2D eigenvalue weighted by Gasteiger charge is 2.03. The van der Waals surface area contributed by atoms with E-state index in [1.807, 2.05) is 12.3 Å². The van der Waals surface area contributed by atoms with Crippen molar-refractivity contribution in [1.82, 2.24) is 10.3 Å². The summed E-state index contributed by atoms with van der Waals surface area (Å²) in [6.45, 7) is 2.99. The standard InChI is InChI=1S/C14H15BrN2/c1-11(13-5-3-2-4-6-13)17-9-12-7-14(15)10-16-8-12/h2-8,10-11,17H,9H2,1H3/t11-/m0/s1. The first-order valence-electron chi connectivity index (χ1n) is 5.63. The topological polar surface area (TPSA) is 24.9 Å². The zero-order valence-electron chi connectivity index (χ0n) is 9.73. The second-order valence-corrected chi connectivity index (χ2v) is 4.94. The van der Waals surface area contributed by atoms with Crippen molar-refractivity contribution >= 4 is 15.9 Å². The number of aromatic nitrogens is 1. The molecule has 1 heterocycles. The lowest BCUT2D eigenvalue weighted by Crippen LogP contribution is -2.18. The number of benzene rings is 1. The Morgan fingerprint density at radius 1 is 1.24 bits per heavy atom. The quantitative estimate of drug-likeness (QED) is 0.929. The summed E-state index contributed by atoms with van der Waals surface area (Å²) in [5, 5.41) is 3.48. The van der Waals surface area contributed by atoms with Gasteiger partial charge in [0.1, 0.15) is 0 Å². The Balaban J connectivity index is 1.95. The number of rotatable bonds is 4. The molecule has 88 valence electrons. The lowest BCUT2D eigenvalue weighted by atomic mass is 10.1. The van der Waals surface area contributed by atoms with Gasteiger partial charge in [0.25, 0.3) is 0 Å². The highest BCUT2D eigenvalue weighted by atomic mass is 79.9. The summed E-state index contributed by atoms with van der Waals surface area (Å²) in [6.07, 6.45) is 3.68. The summed E-state index contributed by atoms with van der Waals surface area (Å²) in [7, 11) is 0. The summed E-state index contributed by atoms with van der Waals surface area (Å²) in [6, 6.07) is 12.9. The summed E-state index contributed by atoms with van der Waals surface area (Å²) < 4.78 is 1.02. The molecular weight excluding hydrogens is 276 g/mol. The lowest BCUT2D eigenvalue weighted by Gasteiger charge is -2.14. The second kappa shape index (κ2) is 5.94. The van der Waals surface area contributed by atoms with Crippen molar-refractivity contribution in [3.05, 3.63) is 64.4 Å². The van der Waals surface area contributed by atoms with E-state index in [4.69, 9.17) is 0 Å². The predicted molar refractivity (Wildman–Crippen MR) is 73.6 cm³/mol. The molecule has 0 fully saturated rings. The van der Waals surface area contributed by atoms with Crippen molar-refractivity contribution in [2.24, 2.45) is 0 Å². The molecule has 0 aliphatic carbocycles. The molecule has 2 nitrogen and oxygen atoms in total. The first-order valence-corrected chi connectivity index (χ1v) is 6.43. The number of halogens is 1. The smallest absolute Gasteiger partial charge is 0.0410 e. The maximum Gasteiger partial charge on any atom is 0.0410 e. The molecule has 0 saturated heterocycles. The second-order valence-electron chi connectivity index (χ2n) is 4.02. The molecule has 0 radical (unpaired) electrons. The van der Waals surface area contributed by atoms with Gasteiger partial charge in [-0.25, -0.2) is 0 Å². The summed E-state index contributed by atoms with van der Waals surface area (Å²) in [5.41, 5.74) is 2.48. The van der Waals surface area contributed by atoms with Crippen LogP contribution in [0.1, 0.15) is 24.1 Å². The molecule has 0 unspecified atom stereocenters. The molecular formula is C14H15BrN2. The highest BCUT2D eigenvalue weighted by molar-refractivity contribution is 9.10. The van der Waals surface area contributed by atoms with Gasteiger partial charge in [0.15, 0.2) is 0 Å². The molecule has 0 aliphatic rings. The fraction of sp³-hybridized carbons (Fsp3) is 0.214. The Kier molecular flexibility index (Phi) is 4.29. The van der Waals surface area contributed by atoms with Gasteiger partial charge in [-0.15, -0.1) is 0 Å². The molecule has 1 atom stereocenters. The third-order valence-electron chi connectivity index (χ3n) is 2.67. The molecule has 1 aromatic carbocycles.